The zero-order valence-electron chi connectivity index (χ0n) is 19.7. The van der Waals surface area contributed by atoms with Gasteiger partial charge in [-0.2, -0.15) is 4.98 Å². The number of fused-ring (bicyclic) bond motifs is 1. The molecule has 0 bridgehead atoms. The number of carbonyl (C=O) groups is 1. The van der Waals surface area contributed by atoms with Gasteiger partial charge in [-0.25, -0.2) is 9.97 Å². The van der Waals surface area contributed by atoms with E-state index >= 15 is 0 Å². The first kappa shape index (κ1) is 23.0. The smallest absolute Gasteiger partial charge is 0.231 e. The summed E-state index contributed by atoms with van der Waals surface area (Å²) in [5, 5.41) is 1.80. The molecule has 1 fully saturated rings. The summed E-state index contributed by atoms with van der Waals surface area (Å²) in [7, 11) is 0. The molecule has 1 aromatic carbocycles. The van der Waals surface area contributed by atoms with E-state index in [1.54, 1.807) is 18.3 Å². The van der Waals surface area contributed by atoms with Gasteiger partial charge in [0, 0.05) is 30.5 Å². The molecule has 0 unspecified atom stereocenters. The number of rotatable bonds is 6. The Labute approximate surface area is 206 Å². The van der Waals surface area contributed by atoms with Crippen LogP contribution < -0.4 is 4.74 Å². The number of ether oxygens (including phenoxy) is 2. The molecule has 9 heteroatoms. The molecular weight excluding hydrogens is 468 g/mol. The molecule has 4 heterocycles. The first-order valence-electron chi connectivity index (χ1n) is 11.2. The van der Waals surface area contributed by atoms with Crippen LogP contribution in [0.25, 0.3) is 20.8 Å². The van der Waals surface area contributed by atoms with E-state index in [1.807, 2.05) is 31.2 Å². The highest BCUT2D eigenvalue weighted by molar-refractivity contribution is 7.18. The zero-order valence-corrected chi connectivity index (χ0v) is 21.3. The lowest BCUT2D eigenvalue weighted by Crippen LogP contribution is -2.36. The van der Waals surface area contributed by atoms with Crippen LogP contribution in [0.3, 0.4) is 0 Å². The molecule has 1 saturated heterocycles. The molecule has 176 valence electrons. The number of hydrogen-bond acceptors (Lipinski definition) is 9. The quantitative estimate of drug-likeness (QED) is 0.324. The molecule has 1 aliphatic heterocycles. The highest BCUT2D eigenvalue weighted by atomic mass is 32.1. The highest BCUT2D eigenvalue weighted by Crippen LogP contribution is 2.37. The molecule has 0 aliphatic carbocycles. The van der Waals surface area contributed by atoms with Gasteiger partial charge in [-0.1, -0.05) is 0 Å². The van der Waals surface area contributed by atoms with E-state index in [4.69, 9.17) is 19.4 Å². The molecule has 5 rings (SSSR count). The van der Waals surface area contributed by atoms with E-state index in [9.17, 15) is 4.79 Å². The van der Waals surface area contributed by atoms with Gasteiger partial charge >= 0.3 is 0 Å². The van der Waals surface area contributed by atoms with E-state index in [0.29, 0.717) is 23.1 Å². The van der Waals surface area contributed by atoms with E-state index in [2.05, 4.69) is 23.7 Å². The lowest BCUT2D eigenvalue weighted by Gasteiger charge is -2.25. The minimum atomic E-state index is 0.0447. The molecule has 0 atom stereocenters. The summed E-state index contributed by atoms with van der Waals surface area (Å²) in [6, 6.07) is 7.78. The number of benzene rings is 1. The maximum atomic E-state index is 11.8. The third-order valence-electron chi connectivity index (χ3n) is 5.94. The average molecular weight is 495 g/mol. The van der Waals surface area contributed by atoms with Crippen molar-refractivity contribution in [2.24, 2.45) is 0 Å². The maximum Gasteiger partial charge on any atom is 0.231 e. The van der Waals surface area contributed by atoms with Crippen LogP contribution in [0.2, 0.25) is 0 Å². The van der Waals surface area contributed by atoms with Crippen LogP contribution in [0.15, 0.2) is 24.3 Å². The fraction of sp³-hybridized carbons (Fsp3) is 0.360. The number of carbonyl (C=O) groups excluding carboxylic acids is 1. The van der Waals surface area contributed by atoms with E-state index < -0.39 is 0 Å². The number of Topliss-reactive ketones (excluding diaryl/α,β-unsaturated/α-hetero) is 1. The van der Waals surface area contributed by atoms with Crippen molar-refractivity contribution in [1.29, 1.82) is 0 Å². The van der Waals surface area contributed by atoms with Gasteiger partial charge in [0.15, 0.2) is 5.78 Å². The second-order valence-electron chi connectivity index (χ2n) is 8.41. The fourth-order valence-electron chi connectivity index (χ4n) is 3.98. The Balaban J connectivity index is 1.44. The van der Waals surface area contributed by atoms with Crippen molar-refractivity contribution in [2.45, 2.75) is 34.2 Å². The van der Waals surface area contributed by atoms with Gasteiger partial charge in [-0.05, 0) is 50.6 Å². The normalized spacial score (nSPS) is 14.6. The van der Waals surface area contributed by atoms with Crippen molar-refractivity contribution in [3.05, 3.63) is 51.1 Å². The first-order valence-corrected chi connectivity index (χ1v) is 12.9. The van der Waals surface area contributed by atoms with Gasteiger partial charge in [0.2, 0.25) is 5.88 Å². The molecule has 0 N–H and O–H groups in total. The third-order valence-corrected chi connectivity index (χ3v) is 8.35. The summed E-state index contributed by atoms with van der Waals surface area (Å²) in [5.41, 5.74) is 2.88. The van der Waals surface area contributed by atoms with Gasteiger partial charge in [0.1, 0.15) is 21.4 Å². The Hall–Kier alpha value is -2.72. The topological polar surface area (TPSA) is 77.4 Å². The van der Waals surface area contributed by atoms with Gasteiger partial charge < -0.3 is 9.47 Å². The summed E-state index contributed by atoms with van der Waals surface area (Å²) >= 11 is 3.10. The van der Waals surface area contributed by atoms with Crippen molar-refractivity contribution < 1.29 is 14.3 Å². The number of morpholine rings is 1. The fourth-order valence-corrected chi connectivity index (χ4v) is 5.99. The summed E-state index contributed by atoms with van der Waals surface area (Å²) in [6.45, 7) is 11.5. The largest absolute Gasteiger partial charge is 0.438 e. The summed E-state index contributed by atoms with van der Waals surface area (Å²) in [4.78, 5) is 31.2. The van der Waals surface area contributed by atoms with Crippen molar-refractivity contribution in [2.75, 3.05) is 26.3 Å². The van der Waals surface area contributed by atoms with Gasteiger partial charge in [-0.15, -0.1) is 22.7 Å². The van der Waals surface area contributed by atoms with Crippen LogP contribution in [-0.4, -0.2) is 51.9 Å². The van der Waals surface area contributed by atoms with Gasteiger partial charge in [-0.3, -0.25) is 9.69 Å². The third kappa shape index (κ3) is 4.61. The lowest BCUT2D eigenvalue weighted by molar-refractivity contribution is 0.0330. The number of nitrogens with zero attached hydrogens (tertiary/aromatic N) is 4. The van der Waals surface area contributed by atoms with Crippen molar-refractivity contribution >= 4 is 38.7 Å². The molecule has 4 aromatic rings. The molecule has 0 radical (unpaired) electrons. The SMILES string of the molecule is CC(=O)c1sc(-c2ccc(Oc3nc(CN4CCOCC4)nc4sc(C)c(C)c34)cc2)nc1C. The number of hydrogen-bond donors (Lipinski definition) is 0. The Morgan fingerprint density at radius 2 is 1.79 bits per heavy atom. The monoisotopic (exact) mass is 494 g/mol. The Bertz CT molecular complexity index is 1350. The minimum Gasteiger partial charge on any atom is -0.438 e. The second-order valence-corrected chi connectivity index (χ2v) is 10.6. The Kier molecular flexibility index (Phi) is 6.44. The van der Waals surface area contributed by atoms with Crippen molar-refractivity contribution in [1.82, 2.24) is 19.9 Å². The van der Waals surface area contributed by atoms with Crippen LogP contribution in [0, 0.1) is 20.8 Å². The number of aryl methyl sites for hydroxylation is 3. The van der Waals surface area contributed by atoms with Gasteiger partial charge in [0.25, 0.3) is 0 Å². The average Bonchev–Trinajstić information content (AvgIpc) is 3.34. The molecule has 7 nitrogen and oxygen atoms in total. The zero-order chi connectivity index (χ0) is 23.8. The lowest BCUT2D eigenvalue weighted by atomic mass is 10.2. The molecule has 3 aromatic heterocycles. The number of ketones is 1. The Morgan fingerprint density at radius 1 is 1.06 bits per heavy atom. The molecule has 0 amide bonds. The van der Waals surface area contributed by atoms with E-state index in [0.717, 1.165) is 64.2 Å². The number of thiazole rings is 1. The summed E-state index contributed by atoms with van der Waals surface area (Å²) in [6.07, 6.45) is 0. The Morgan fingerprint density at radius 3 is 2.47 bits per heavy atom. The maximum absolute atomic E-state index is 11.8. The van der Waals surface area contributed by atoms with E-state index in [-0.39, 0.29) is 5.78 Å². The van der Waals surface area contributed by atoms with Crippen molar-refractivity contribution in [3.8, 4) is 22.2 Å². The highest BCUT2D eigenvalue weighted by Gasteiger charge is 2.19. The van der Waals surface area contributed by atoms with E-state index in [1.165, 1.54) is 16.2 Å². The van der Waals surface area contributed by atoms with Crippen molar-refractivity contribution in [3.63, 3.8) is 0 Å². The van der Waals surface area contributed by atoms with Gasteiger partial charge in [0.05, 0.1) is 35.7 Å². The van der Waals surface area contributed by atoms with Crippen LogP contribution in [0.5, 0.6) is 11.6 Å². The van der Waals surface area contributed by atoms with Crippen LogP contribution in [0.4, 0.5) is 0 Å². The minimum absolute atomic E-state index is 0.0447. The second kappa shape index (κ2) is 9.50. The standard InChI is InChI=1S/C25H26N4O3S2/c1-14-17(4)33-25-21(14)23(27-20(28-25)13-29-9-11-31-12-10-29)32-19-7-5-18(6-8-19)24-26-15(2)22(34-24)16(3)30/h5-8H,9-13H2,1-4H3. The first-order chi connectivity index (χ1) is 16.4. The predicted octanol–water partition coefficient (Wildman–Crippen LogP) is 5.57. The molecule has 1 aliphatic rings. The molecular formula is C25H26N4O3S2. The predicted molar refractivity (Wildman–Crippen MR) is 135 cm³/mol. The molecule has 0 spiro atoms. The van der Waals surface area contributed by atoms with Crippen LogP contribution in [-0.2, 0) is 11.3 Å². The molecule has 34 heavy (non-hydrogen) atoms. The summed E-state index contributed by atoms with van der Waals surface area (Å²) in [5.74, 6) is 2.09. The van der Waals surface area contributed by atoms with Crippen LogP contribution in [0.1, 0.15) is 38.6 Å². The summed E-state index contributed by atoms with van der Waals surface area (Å²) < 4.78 is 11.8. The molecule has 0 saturated carbocycles. The van der Waals surface area contributed by atoms with Crippen LogP contribution >= 0.6 is 22.7 Å². The number of thiophene rings is 1. The number of aromatic nitrogens is 3.